The molecule has 158 valence electrons. The van der Waals surface area contributed by atoms with E-state index in [1.54, 1.807) is 25.3 Å². The number of methoxy groups -OCH3 is 1. The first-order chi connectivity index (χ1) is 15.0. The summed E-state index contributed by atoms with van der Waals surface area (Å²) in [7, 11) is 7.35. The molecule has 0 saturated carbocycles. The second-order valence-corrected chi connectivity index (χ2v) is 7.37. The van der Waals surface area contributed by atoms with Gasteiger partial charge in [-0.1, -0.05) is 36.4 Å². The van der Waals surface area contributed by atoms with E-state index >= 15 is 0 Å². The molecule has 0 atom stereocenters. The Morgan fingerprint density at radius 2 is 1.68 bits per heavy atom. The highest BCUT2D eigenvalue weighted by molar-refractivity contribution is 6.08. The van der Waals surface area contributed by atoms with Gasteiger partial charge in [-0.3, -0.25) is 4.99 Å². The zero-order valence-electron chi connectivity index (χ0n) is 18.2. The highest BCUT2D eigenvalue weighted by Gasteiger charge is 2.23. The molecule has 1 heterocycles. The van der Waals surface area contributed by atoms with Crippen LogP contribution in [0.2, 0.25) is 0 Å². The maximum Gasteiger partial charge on any atom is 0.214 e. The molecule has 0 unspecified atom stereocenters. The summed E-state index contributed by atoms with van der Waals surface area (Å²) in [5, 5.41) is 1.93. The molecular formula is C25H26N4O2. The molecule has 4 rings (SSSR count). The van der Waals surface area contributed by atoms with Gasteiger partial charge in [0.2, 0.25) is 11.8 Å². The third-order valence-electron chi connectivity index (χ3n) is 5.29. The van der Waals surface area contributed by atoms with Crippen LogP contribution in [0.25, 0.3) is 21.9 Å². The average Bonchev–Trinajstić information content (AvgIpc) is 3.23. The predicted octanol–water partition coefficient (Wildman–Crippen LogP) is 5.26. The lowest BCUT2D eigenvalue weighted by atomic mass is 10.0. The molecule has 4 aromatic rings. The van der Waals surface area contributed by atoms with Crippen molar-refractivity contribution in [1.29, 1.82) is 0 Å². The molecule has 0 spiro atoms. The Kier molecular flexibility index (Phi) is 5.54. The Bertz CT molecular complexity index is 1230. The fraction of sp³-hybridized carbons (Fsp3) is 0.160. The summed E-state index contributed by atoms with van der Waals surface area (Å²) in [6, 6.07) is 22.4. The molecule has 0 aliphatic carbocycles. The van der Waals surface area contributed by atoms with Crippen molar-refractivity contribution in [2.24, 2.45) is 10.7 Å². The summed E-state index contributed by atoms with van der Waals surface area (Å²) in [6.07, 6.45) is 1.72. The molecule has 0 saturated heterocycles. The predicted molar refractivity (Wildman–Crippen MR) is 129 cm³/mol. The second kappa shape index (κ2) is 8.44. The number of nitrogens with two attached hydrogens (primary N) is 1. The summed E-state index contributed by atoms with van der Waals surface area (Å²) >= 11 is 0. The van der Waals surface area contributed by atoms with Gasteiger partial charge in [0, 0.05) is 37.6 Å². The quantitative estimate of drug-likeness (QED) is 0.357. The van der Waals surface area contributed by atoms with Crippen molar-refractivity contribution in [1.82, 2.24) is 0 Å². The van der Waals surface area contributed by atoms with Gasteiger partial charge in [-0.25, -0.2) is 4.90 Å². The molecule has 0 aliphatic rings. The van der Waals surface area contributed by atoms with Gasteiger partial charge < -0.3 is 19.8 Å². The van der Waals surface area contributed by atoms with Gasteiger partial charge in [-0.05, 0) is 41.5 Å². The molecule has 0 fully saturated rings. The van der Waals surface area contributed by atoms with Gasteiger partial charge in [0.15, 0.2) is 0 Å². The van der Waals surface area contributed by atoms with Crippen molar-refractivity contribution in [3.05, 3.63) is 73.0 Å². The Balaban J connectivity index is 1.87. The highest BCUT2D eigenvalue weighted by Crippen LogP contribution is 2.40. The number of guanidine groups is 1. The minimum atomic E-state index is 0.304. The standard InChI is InChI=1S/C25H26N4O2/c1-27-25(26)29(24-21-8-6-5-7-19(21)16-31-24)22-15-18(11-14-23(22)30-4)17-9-12-20(13-10-17)28(2)3/h5-16H,1-4H3,(H2,26,27). The first-order valence-electron chi connectivity index (χ1n) is 9.98. The number of benzene rings is 3. The van der Waals surface area contributed by atoms with Crippen molar-refractivity contribution >= 4 is 34.0 Å². The maximum atomic E-state index is 6.35. The van der Waals surface area contributed by atoms with Crippen LogP contribution in [0.4, 0.5) is 17.3 Å². The number of hydrogen-bond acceptors (Lipinski definition) is 4. The van der Waals surface area contributed by atoms with Crippen LogP contribution in [0.5, 0.6) is 5.75 Å². The lowest BCUT2D eigenvalue weighted by molar-refractivity contribution is 0.415. The third kappa shape index (κ3) is 3.80. The zero-order chi connectivity index (χ0) is 22.0. The number of furan rings is 1. The van der Waals surface area contributed by atoms with Crippen molar-refractivity contribution in [3.8, 4) is 16.9 Å². The summed E-state index contributed by atoms with van der Waals surface area (Å²) in [4.78, 5) is 8.10. The van der Waals surface area contributed by atoms with E-state index in [1.165, 1.54) is 0 Å². The molecule has 1 aromatic heterocycles. The van der Waals surface area contributed by atoms with Crippen LogP contribution in [0.3, 0.4) is 0 Å². The van der Waals surface area contributed by atoms with Crippen molar-refractivity contribution in [2.75, 3.05) is 38.1 Å². The van der Waals surface area contributed by atoms with E-state index in [0.29, 0.717) is 17.6 Å². The molecule has 31 heavy (non-hydrogen) atoms. The van der Waals surface area contributed by atoms with E-state index < -0.39 is 0 Å². The van der Waals surface area contributed by atoms with Gasteiger partial charge in [0.05, 0.1) is 12.8 Å². The van der Waals surface area contributed by atoms with E-state index in [4.69, 9.17) is 14.9 Å². The van der Waals surface area contributed by atoms with Crippen LogP contribution in [0, 0.1) is 0 Å². The largest absolute Gasteiger partial charge is 0.495 e. The minimum absolute atomic E-state index is 0.304. The lowest BCUT2D eigenvalue weighted by Gasteiger charge is -2.24. The number of nitrogens with zero attached hydrogens (tertiary/aromatic N) is 3. The maximum absolute atomic E-state index is 6.35. The van der Waals surface area contributed by atoms with Gasteiger partial charge in [0.25, 0.3) is 0 Å². The minimum Gasteiger partial charge on any atom is -0.495 e. The van der Waals surface area contributed by atoms with Crippen LogP contribution in [-0.4, -0.2) is 34.2 Å². The normalized spacial score (nSPS) is 11.5. The van der Waals surface area contributed by atoms with Crippen molar-refractivity contribution in [2.45, 2.75) is 0 Å². The Morgan fingerprint density at radius 3 is 2.35 bits per heavy atom. The Hall–Kier alpha value is -3.93. The summed E-state index contributed by atoms with van der Waals surface area (Å²) in [5.74, 6) is 1.57. The first kappa shape index (κ1) is 20.3. The second-order valence-electron chi connectivity index (χ2n) is 7.37. The highest BCUT2D eigenvalue weighted by atomic mass is 16.5. The topological polar surface area (TPSA) is 67.2 Å². The zero-order valence-corrected chi connectivity index (χ0v) is 18.2. The van der Waals surface area contributed by atoms with Gasteiger partial charge in [0.1, 0.15) is 12.0 Å². The number of hydrogen-bond donors (Lipinski definition) is 1. The van der Waals surface area contributed by atoms with Crippen molar-refractivity contribution < 1.29 is 9.15 Å². The SMILES string of the molecule is CN=C(N)N(c1cc(-c2ccc(N(C)C)cc2)ccc1OC)c1occ2ccccc12. The number of anilines is 3. The molecule has 0 aliphatic heterocycles. The van der Waals surface area contributed by atoms with Gasteiger partial charge in [-0.2, -0.15) is 0 Å². The van der Waals surface area contributed by atoms with E-state index in [0.717, 1.165) is 33.3 Å². The van der Waals surface area contributed by atoms with Crippen LogP contribution in [-0.2, 0) is 0 Å². The number of fused-ring (bicyclic) bond motifs is 1. The lowest BCUT2D eigenvalue weighted by Crippen LogP contribution is -2.33. The first-order valence-corrected chi connectivity index (χ1v) is 9.98. The molecular weight excluding hydrogens is 388 g/mol. The monoisotopic (exact) mass is 414 g/mol. The summed E-state index contributed by atoms with van der Waals surface area (Å²) in [5.41, 5.74) is 10.4. The van der Waals surface area contributed by atoms with E-state index in [2.05, 4.69) is 34.2 Å². The smallest absolute Gasteiger partial charge is 0.214 e. The Labute approximate surface area is 182 Å². The number of aliphatic imine (C=N–C) groups is 1. The number of rotatable bonds is 5. The van der Waals surface area contributed by atoms with E-state index in [-0.39, 0.29) is 0 Å². The van der Waals surface area contributed by atoms with Crippen molar-refractivity contribution in [3.63, 3.8) is 0 Å². The molecule has 0 bridgehead atoms. The van der Waals surface area contributed by atoms with Crippen LogP contribution in [0.15, 0.2) is 82.4 Å². The fourth-order valence-corrected chi connectivity index (χ4v) is 3.58. The van der Waals surface area contributed by atoms with Gasteiger partial charge >= 0.3 is 0 Å². The molecule has 6 heteroatoms. The average molecular weight is 415 g/mol. The third-order valence-corrected chi connectivity index (χ3v) is 5.29. The van der Waals surface area contributed by atoms with Gasteiger partial charge in [-0.15, -0.1) is 0 Å². The molecule has 3 aromatic carbocycles. The van der Waals surface area contributed by atoms with Crippen LogP contribution < -0.4 is 20.3 Å². The Morgan fingerprint density at radius 1 is 0.968 bits per heavy atom. The molecule has 0 amide bonds. The molecule has 6 nitrogen and oxygen atoms in total. The van der Waals surface area contributed by atoms with Crippen LogP contribution >= 0.6 is 0 Å². The molecule has 2 N–H and O–H groups in total. The summed E-state index contributed by atoms with van der Waals surface area (Å²) in [6.45, 7) is 0. The van der Waals surface area contributed by atoms with E-state index in [9.17, 15) is 0 Å². The fourth-order valence-electron chi connectivity index (χ4n) is 3.58. The number of ether oxygens (including phenoxy) is 1. The van der Waals surface area contributed by atoms with Crippen LogP contribution in [0.1, 0.15) is 0 Å². The molecule has 0 radical (unpaired) electrons. The summed E-state index contributed by atoms with van der Waals surface area (Å²) < 4.78 is 11.6. The van der Waals surface area contributed by atoms with E-state index in [1.807, 2.05) is 56.6 Å².